The zero-order valence-electron chi connectivity index (χ0n) is 9.66. The van der Waals surface area contributed by atoms with Crippen LogP contribution in [-0.4, -0.2) is 29.8 Å². The highest BCUT2D eigenvalue weighted by Crippen LogP contribution is 2.21. The summed E-state index contributed by atoms with van der Waals surface area (Å²) in [6.07, 6.45) is 0.0721. The number of aryl methyl sites for hydroxylation is 1. The highest BCUT2D eigenvalue weighted by molar-refractivity contribution is 6.06. The summed E-state index contributed by atoms with van der Waals surface area (Å²) in [5.74, 6) is -0.959. The maximum absolute atomic E-state index is 13.7. The van der Waals surface area contributed by atoms with Gasteiger partial charge in [0, 0.05) is 7.05 Å². The Morgan fingerprint density at radius 1 is 1.41 bits per heavy atom. The Labute approximate surface area is 98.4 Å². The van der Waals surface area contributed by atoms with Crippen molar-refractivity contribution in [1.82, 2.24) is 4.90 Å². The van der Waals surface area contributed by atoms with E-state index >= 15 is 0 Å². The highest BCUT2D eigenvalue weighted by atomic mass is 19.1. The molecule has 17 heavy (non-hydrogen) atoms. The van der Waals surface area contributed by atoms with Crippen LogP contribution in [0.4, 0.5) is 10.1 Å². The third-order valence-corrected chi connectivity index (χ3v) is 2.90. The molecule has 1 aromatic rings. The molecule has 0 spiro atoms. The Morgan fingerprint density at radius 2 is 2.12 bits per heavy atom. The molecule has 1 aromatic carbocycles. The van der Waals surface area contributed by atoms with E-state index in [9.17, 15) is 14.0 Å². The first-order valence-corrected chi connectivity index (χ1v) is 5.32. The molecule has 0 bridgehead atoms. The second kappa shape index (κ2) is 4.16. The van der Waals surface area contributed by atoms with Crippen LogP contribution < -0.4 is 5.32 Å². The fourth-order valence-electron chi connectivity index (χ4n) is 1.81. The molecule has 90 valence electrons. The number of imide groups is 1. The first-order chi connectivity index (χ1) is 8.00. The molecule has 1 aliphatic heterocycles. The second-order valence-corrected chi connectivity index (χ2v) is 4.13. The van der Waals surface area contributed by atoms with Gasteiger partial charge < -0.3 is 5.32 Å². The molecule has 0 saturated carbocycles. The second-order valence-electron chi connectivity index (χ2n) is 4.13. The summed E-state index contributed by atoms with van der Waals surface area (Å²) in [6.45, 7) is 1.65. The number of rotatable bonds is 2. The van der Waals surface area contributed by atoms with Gasteiger partial charge in [0.15, 0.2) is 0 Å². The summed E-state index contributed by atoms with van der Waals surface area (Å²) in [5.41, 5.74) is 0.756. The van der Waals surface area contributed by atoms with E-state index < -0.39 is 6.04 Å². The van der Waals surface area contributed by atoms with Gasteiger partial charge in [0.2, 0.25) is 5.91 Å². The highest BCUT2D eigenvalue weighted by Gasteiger charge is 2.36. The zero-order chi connectivity index (χ0) is 12.6. The molecule has 0 aromatic heterocycles. The number of nitrogens with zero attached hydrogens (tertiary/aromatic N) is 1. The fraction of sp³-hybridized carbons (Fsp3) is 0.333. The zero-order valence-corrected chi connectivity index (χ0v) is 9.66. The van der Waals surface area contributed by atoms with Crippen molar-refractivity contribution in [3.8, 4) is 0 Å². The van der Waals surface area contributed by atoms with Gasteiger partial charge in [-0.15, -0.1) is 0 Å². The number of likely N-dealkylation sites (tertiary alicyclic amines) is 1. The first-order valence-electron chi connectivity index (χ1n) is 5.32. The van der Waals surface area contributed by atoms with Crippen molar-refractivity contribution in [1.29, 1.82) is 0 Å². The Morgan fingerprint density at radius 3 is 2.71 bits per heavy atom. The van der Waals surface area contributed by atoms with Crippen LogP contribution in [0.3, 0.4) is 0 Å². The molecule has 0 aliphatic carbocycles. The van der Waals surface area contributed by atoms with Gasteiger partial charge in [0.05, 0.1) is 12.1 Å². The number of halogens is 1. The van der Waals surface area contributed by atoms with Crippen LogP contribution >= 0.6 is 0 Å². The molecule has 1 heterocycles. The largest absolute Gasteiger partial charge is 0.371 e. The molecule has 1 unspecified atom stereocenters. The third-order valence-electron chi connectivity index (χ3n) is 2.90. The van der Waals surface area contributed by atoms with E-state index in [0.29, 0.717) is 5.56 Å². The summed E-state index contributed by atoms with van der Waals surface area (Å²) in [7, 11) is 1.43. The van der Waals surface area contributed by atoms with E-state index in [0.717, 1.165) is 4.90 Å². The van der Waals surface area contributed by atoms with E-state index in [1.165, 1.54) is 7.05 Å². The van der Waals surface area contributed by atoms with Crippen molar-refractivity contribution in [2.24, 2.45) is 0 Å². The number of likely N-dealkylation sites (N-methyl/N-ethyl adjacent to an activating group) is 1. The summed E-state index contributed by atoms with van der Waals surface area (Å²) in [4.78, 5) is 24.0. The molecule has 2 rings (SSSR count). The molecule has 4 nitrogen and oxygen atoms in total. The number of benzene rings is 1. The topological polar surface area (TPSA) is 49.4 Å². The van der Waals surface area contributed by atoms with Gasteiger partial charge >= 0.3 is 0 Å². The van der Waals surface area contributed by atoms with Crippen molar-refractivity contribution < 1.29 is 14.0 Å². The van der Waals surface area contributed by atoms with Crippen molar-refractivity contribution in [3.63, 3.8) is 0 Å². The van der Waals surface area contributed by atoms with Gasteiger partial charge in [-0.3, -0.25) is 14.5 Å². The minimum absolute atomic E-state index is 0.0721. The lowest BCUT2D eigenvalue weighted by atomic mass is 10.1. The monoisotopic (exact) mass is 236 g/mol. The van der Waals surface area contributed by atoms with E-state index in [-0.39, 0.29) is 29.7 Å². The Balaban J connectivity index is 2.20. The smallest absolute Gasteiger partial charge is 0.251 e. The number of nitrogens with one attached hydrogen (secondary N) is 1. The van der Waals surface area contributed by atoms with Crippen molar-refractivity contribution in [2.75, 3.05) is 12.4 Å². The third kappa shape index (κ3) is 2.00. The molecule has 2 amide bonds. The van der Waals surface area contributed by atoms with Crippen LogP contribution in [0.25, 0.3) is 0 Å². The van der Waals surface area contributed by atoms with Crippen LogP contribution in [0.5, 0.6) is 0 Å². The maximum atomic E-state index is 13.7. The van der Waals surface area contributed by atoms with Gasteiger partial charge in [-0.1, -0.05) is 12.1 Å². The Kier molecular flexibility index (Phi) is 2.83. The molecular weight excluding hydrogens is 223 g/mol. The molecule has 1 fully saturated rings. The molecule has 1 atom stereocenters. The van der Waals surface area contributed by atoms with Gasteiger partial charge in [-0.05, 0) is 18.6 Å². The quantitative estimate of drug-likeness (QED) is 0.787. The summed E-state index contributed by atoms with van der Waals surface area (Å²) in [6, 6.07) is 4.24. The van der Waals surface area contributed by atoms with Gasteiger partial charge in [-0.2, -0.15) is 0 Å². The van der Waals surface area contributed by atoms with Crippen LogP contribution in [0.2, 0.25) is 0 Å². The number of carbonyl (C=O) groups is 2. The van der Waals surface area contributed by atoms with Gasteiger partial charge in [-0.25, -0.2) is 4.39 Å². The SMILES string of the molecule is Cc1cccc(NC2CC(=O)N(C)C2=O)c1F. The number of hydrogen-bond acceptors (Lipinski definition) is 3. The minimum atomic E-state index is -0.663. The number of anilines is 1. The number of amides is 2. The van der Waals surface area contributed by atoms with Crippen LogP contribution in [0, 0.1) is 12.7 Å². The lowest BCUT2D eigenvalue weighted by Crippen LogP contribution is -2.32. The lowest BCUT2D eigenvalue weighted by molar-refractivity contribution is -0.136. The molecule has 1 saturated heterocycles. The van der Waals surface area contributed by atoms with E-state index in [2.05, 4.69) is 5.32 Å². The van der Waals surface area contributed by atoms with Crippen molar-refractivity contribution >= 4 is 17.5 Å². The summed E-state index contributed by atoms with van der Waals surface area (Å²) in [5, 5.41) is 2.77. The van der Waals surface area contributed by atoms with Gasteiger partial charge in [0.1, 0.15) is 11.9 Å². The average Bonchev–Trinajstić information content (AvgIpc) is 2.53. The van der Waals surface area contributed by atoms with E-state index in [4.69, 9.17) is 0 Å². The van der Waals surface area contributed by atoms with Crippen molar-refractivity contribution in [3.05, 3.63) is 29.6 Å². The average molecular weight is 236 g/mol. The van der Waals surface area contributed by atoms with E-state index in [1.807, 2.05) is 0 Å². The first kappa shape index (κ1) is 11.6. The summed E-state index contributed by atoms with van der Waals surface area (Å²) < 4.78 is 13.7. The van der Waals surface area contributed by atoms with Crippen molar-refractivity contribution in [2.45, 2.75) is 19.4 Å². The normalized spacial score (nSPS) is 19.9. The Hall–Kier alpha value is -1.91. The molecule has 5 heteroatoms. The molecule has 0 radical (unpaired) electrons. The molecular formula is C12H13FN2O2. The number of carbonyl (C=O) groups excluding carboxylic acids is 2. The standard InChI is InChI=1S/C12H13FN2O2/c1-7-4-3-5-8(11(7)13)14-9-6-10(16)15(2)12(9)17/h3-5,9,14H,6H2,1-2H3. The number of hydrogen-bond donors (Lipinski definition) is 1. The van der Waals surface area contributed by atoms with Crippen LogP contribution in [-0.2, 0) is 9.59 Å². The maximum Gasteiger partial charge on any atom is 0.251 e. The molecule has 1 N–H and O–H groups in total. The molecule has 1 aliphatic rings. The van der Waals surface area contributed by atoms with Crippen LogP contribution in [0.1, 0.15) is 12.0 Å². The van der Waals surface area contributed by atoms with Crippen LogP contribution in [0.15, 0.2) is 18.2 Å². The van der Waals surface area contributed by atoms with E-state index in [1.54, 1.807) is 25.1 Å². The fourth-order valence-corrected chi connectivity index (χ4v) is 1.81. The minimum Gasteiger partial charge on any atom is -0.371 e. The lowest BCUT2D eigenvalue weighted by Gasteiger charge is -2.13. The Bertz CT molecular complexity index is 487. The summed E-state index contributed by atoms with van der Waals surface area (Å²) >= 11 is 0. The predicted octanol–water partition coefficient (Wildman–Crippen LogP) is 1.30. The predicted molar refractivity (Wildman–Crippen MR) is 60.9 cm³/mol. The van der Waals surface area contributed by atoms with Gasteiger partial charge in [0.25, 0.3) is 5.91 Å².